The Hall–Kier alpha value is -0.610. The molecule has 6 heteroatoms. The van der Waals surface area contributed by atoms with Crippen molar-refractivity contribution in [3.63, 3.8) is 0 Å². The van der Waals surface area contributed by atoms with Crippen molar-refractivity contribution in [1.29, 1.82) is 0 Å². The summed E-state index contributed by atoms with van der Waals surface area (Å²) in [6, 6.07) is 8.68. The van der Waals surface area contributed by atoms with Crippen LogP contribution in [0.25, 0.3) is 0 Å². The SMILES string of the molecule is Nc1cc(COc2cc(Cl)c(Br)cc2Cl)ccc1Cl. The second-order valence-electron chi connectivity index (χ2n) is 3.84. The molecule has 0 aliphatic heterocycles. The summed E-state index contributed by atoms with van der Waals surface area (Å²) in [7, 11) is 0. The molecule has 0 atom stereocenters. The van der Waals surface area contributed by atoms with E-state index >= 15 is 0 Å². The van der Waals surface area contributed by atoms with Gasteiger partial charge in [0.2, 0.25) is 0 Å². The lowest BCUT2D eigenvalue weighted by Crippen LogP contribution is -1.97. The van der Waals surface area contributed by atoms with E-state index in [1.54, 1.807) is 24.3 Å². The van der Waals surface area contributed by atoms with Gasteiger partial charge in [0.15, 0.2) is 0 Å². The van der Waals surface area contributed by atoms with Gasteiger partial charge in [0.25, 0.3) is 0 Å². The summed E-state index contributed by atoms with van der Waals surface area (Å²) >= 11 is 21.2. The molecule has 0 bridgehead atoms. The Morgan fingerprint density at radius 2 is 1.74 bits per heavy atom. The standard InChI is InChI=1S/C13H9BrCl3NO/c14-8-4-11(17)13(5-10(8)16)19-6-7-1-2-9(15)12(18)3-7/h1-5H,6,18H2. The van der Waals surface area contributed by atoms with Gasteiger partial charge in [-0.15, -0.1) is 0 Å². The van der Waals surface area contributed by atoms with E-state index in [0.717, 1.165) is 10.0 Å². The van der Waals surface area contributed by atoms with E-state index in [2.05, 4.69) is 15.9 Å². The van der Waals surface area contributed by atoms with Gasteiger partial charge >= 0.3 is 0 Å². The van der Waals surface area contributed by atoms with Gasteiger partial charge in [0.05, 0.1) is 20.8 Å². The van der Waals surface area contributed by atoms with Crippen LogP contribution in [0, 0.1) is 0 Å². The average molecular weight is 381 g/mol. The third-order valence-electron chi connectivity index (χ3n) is 2.43. The Morgan fingerprint density at radius 1 is 1.00 bits per heavy atom. The number of hydrogen-bond donors (Lipinski definition) is 1. The van der Waals surface area contributed by atoms with Crippen LogP contribution >= 0.6 is 50.7 Å². The highest BCUT2D eigenvalue weighted by Gasteiger charge is 2.07. The fraction of sp³-hybridized carbons (Fsp3) is 0.0769. The minimum atomic E-state index is 0.332. The first-order valence-electron chi connectivity index (χ1n) is 5.28. The van der Waals surface area contributed by atoms with Gasteiger partial charge in [-0.05, 0) is 39.7 Å². The van der Waals surface area contributed by atoms with Gasteiger partial charge in [0, 0.05) is 10.5 Å². The maximum atomic E-state index is 6.06. The van der Waals surface area contributed by atoms with Crippen molar-refractivity contribution in [3.05, 3.63) is 55.4 Å². The number of hydrogen-bond acceptors (Lipinski definition) is 2. The molecule has 0 saturated carbocycles. The third-order valence-corrected chi connectivity index (χ3v) is 4.27. The van der Waals surface area contributed by atoms with Gasteiger partial charge in [-0.2, -0.15) is 0 Å². The van der Waals surface area contributed by atoms with Gasteiger partial charge in [-0.3, -0.25) is 0 Å². The van der Waals surface area contributed by atoms with E-state index in [1.807, 2.05) is 6.07 Å². The van der Waals surface area contributed by atoms with E-state index in [-0.39, 0.29) is 0 Å². The summed E-state index contributed by atoms with van der Waals surface area (Å²) in [5.41, 5.74) is 7.14. The number of ether oxygens (including phenoxy) is 1. The monoisotopic (exact) mass is 379 g/mol. The lowest BCUT2D eigenvalue weighted by Gasteiger charge is -2.10. The summed E-state index contributed by atoms with van der Waals surface area (Å²) < 4.78 is 6.34. The Bertz CT molecular complexity index is 619. The number of anilines is 1. The molecule has 0 spiro atoms. The number of nitrogen functional groups attached to an aromatic ring is 1. The summed E-state index contributed by atoms with van der Waals surface area (Å²) in [5, 5.41) is 1.54. The lowest BCUT2D eigenvalue weighted by atomic mass is 10.2. The minimum Gasteiger partial charge on any atom is -0.487 e. The maximum absolute atomic E-state index is 6.06. The van der Waals surface area contributed by atoms with E-state index in [9.17, 15) is 0 Å². The first-order valence-corrected chi connectivity index (χ1v) is 7.21. The molecule has 0 amide bonds. The second-order valence-corrected chi connectivity index (χ2v) is 5.92. The van der Waals surface area contributed by atoms with Crippen LogP contribution in [0.3, 0.4) is 0 Å². The van der Waals surface area contributed by atoms with Gasteiger partial charge in [0.1, 0.15) is 12.4 Å². The predicted octanol–water partition coefficient (Wildman–Crippen LogP) is 5.57. The zero-order valence-corrected chi connectivity index (χ0v) is 13.4. The minimum absolute atomic E-state index is 0.332. The molecule has 2 rings (SSSR count). The van der Waals surface area contributed by atoms with Crippen molar-refractivity contribution in [1.82, 2.24) is 0 Å². The summed E-state index contributed by atoms with van der Waals surface area (Å²) in [6.45, 7) is 0.332. The second kappa shape index (κ2) is 6.23. The molecular formula is C13H9BrCl3NO. The van der Waals surface area contributed by atoms with Gasteiger partial charge in [-0.25, -0.2) is 0 Å². The van der Waals surface area contributed by atoms with Gasteiger partial charge in [-0.1, -0.05) is 40.9 Å². The predicted molar refractivity (Wildman–Crippen MR) is 84.4 cm³/mol. The normalized spacial score (nSPS) is 10.5. The number of benzene rings is 2. The molecule has 0 heterocycles. The van der Waals surface area contributed by atoms with E-state index < -0.39 is 0 Å². The molecule has 19 heavy (non-hydrogen) atoms. The Morgan fingerprint density at radius 3 is 2.42 bits per heavy atom. The first kappa shape index (κ1) is 14.8. The highest BCUT2D eigenvalue weighted by molar-refractivity contribution is 9.10. The summed E-state index contributed by atoms with van der Waals surface area (Å²) in [5.74, 6) is 0.517. The molecule has 0 aliphatic rings. The van der Waals surface area contributed by atoms with Gasteiger partial charge < -0.3 is 10.5 Å². The topological polar surface area (TPSA) is 35.2 Å². The van der Waals surface area contributed by atoms with Crippen LogP contribution < -0.4 is 10.5 Å². The smallest absolute Gasteiger partial charge is 0.139 e. The average Bonchev–Trinajstić information content (AvgIpc) is 2.36. The Kier molecular flexibility index (Phi) is 4.85. The maximum Gasteiger partial charge on any atom is 0.139 e. The van der Waals surface area contributed by atoms with Crippen molar-refractivity contribution in [2.24, 2.45) is 0 Å². The Balaban J connectivity index is 2.14. The van der Waals surface area contributed by atoms with E-state index in [4.69, 9.17) is 45.3 Å². The molecule has 2 N–H and O–H groups in total. The third kappa shape index (κ3) is 3.69. The molecule has 2 aromatic rings. The number of rotatable bonds is 3. The van der Waals surface area contributed by atoms with E-state index in [1.165, 1.54) is 0 Å². The van der Waals surface area contributed by atoms with Crippen LogP contribution in [0.2, 0.25) is 15.1 Å². The summed E-state index contributed by atoms with van der Waals surface area (Å²) in [4.78, 5) is 0. The molecule has 2 nitrogen and oxygen atoms in total. The molecule has 0 fully saturated rings. The van der Waals surface area contributed by atoms with Crippen LogP contribution in [0.15, 0.2) is 34.8 Å². The van der Waals surface area contributed by atoms with Crippen molar-refractivity contribution in [3.8, 4) is 5.75 Å². The molecule has 0 radical (unpaired) electrons. The highest BCUT2D eigenvalue weighted by atomic mass is 79.9. The largest absolute Gasteiger partial charge is 0.487 e. The van der Waals surface area contributed by atoms with Crippen molar-refractivity contribution in [2.75, 3.05) is 5.73 Å². The number of nitrogens with two attached hydrogens (primary N) is 1. The van der Waals surface area contributed by atoms with Crippen molar-refractivity contribution < 1.29 is 4.74 Å². The lowest BCUT2D eigenvalue weighted by molar-refractivity contribution is 0.306. The zero-order valence-electron chi connectivity index (χ0n) is 9.59. The van der Waals surface area contributed by atoms with E-state index in [0.29, 0.717) is 33.1 Å². The van der Waals surface area contributed by atoms with Crippen LogP contribution in [0.5, 0.6) is 5.75 Å². The molecule has 100 valence electrons. The first-order chi connectivity index (χ1) is 8.97. The molecular weight excluding hydrogens is 372 g/mol. The van der Waals surface area contributed by atoms with Crippen LogP contribution in [0.1, 0.15) is 5.56 Å². The van der Waals surface area contributed by atoms with Crippen LogP contribution in [-0.2, 0) is 6.61 Å². The zero-order chi connectivity index (χ0) is 14.0. The fourth-order valence-corrected chi connectivity index (χ4v) is 2.42. The quantitative estimate of drug-likeness (QED) is 0.557. The Labute approximate surface area is 134 Å². The molecule has 0 aromatic heterocycles. The molecule has 0 saturated heterocycles. The van der Waals surface area contributed by atoms with Crippen molar-refractivity contribution in [2.45, 2.75) is 6.61 Å². The molecule has 0 aliphatic carbocycles. The molecule has 0 unspecified atom stereocenters. The van der Waals surface area contributed by atoms with Crippen molar-refractivity contribution >= 4 is 56.4 Å². The van der Waals surface area contributed by atoms with Crippen LogP contribution in [-0.4, -0.2) is 0 Å². The van der Waals surface area contributed by atoms with Crippen LogP contribution in [0.4, 0.5) is 5.69 Å². The molecule has 2 aromatic carbocycles. The summed E-state index contributed by atoms with van der Waals surface area (Å²) in [6.07, 6.45) is 0. The fourth-order valence-electron chi connectivity index (χ4n) is 1.46. The highest BCUT2D eigenvalue weighted by Crippen LogP contribution is 2.34. The number of halogens is 4.